The van der Waals surface area contributed by atoms with Gasteiger partial charge < -0.3 is 15.1 Å². The predicted octanol–water partition coefficient (Wildman–Crippen LogP) is 3.35. The summed E-state index contributed by atoms with van der Waals surface area (Å²) >= 11 is 0. The van der Waals surface area contributed by atoms with E-state index in [2.05, 4.69) is 36.1 Å². The summed E-state index contributed by atoms with van der Waals surface area (Å²) in [5.41, 5.74) is 2.57. The molecule has 4 aromatic heterocycles. The number of urea groups is 1. The highest BCUT2D eigenvalue weighted by Crippen LogP contribution is 2.24. The number of hydrogen-bond donors (Lipinski definition) is 3. The maximum absolute atomic E-state index is 12.6. The third-order valence-electron chi connectivity index (χ3n) is 4.56. The summed E-state index contributed by atoms with van der Waals surface area (Å²) in [5.74, 6) is 1.08. The van der Waals surface area contributed by atoms with Gasteiger partial charge in [-0.05, 0) is 43.3 Å². The van der Waals surface area contributed by atoms with E-state index in [4.69, 9.17) is 4.42 Å². The Labute approximate surface area is 176 Å². The number of nitrogens with one attached hydrogen (secondary N) is 3. The van der Waals surface area contributed by atoms with E-state index in [0.29, 0.717) is 34.0 Å². The fraction of sp³-hybridized carbons (Fsp3) is 0.150. The average Bonchev–Trinajstić information content (AvgIpc) is 3.48. The second-order valence-corrected chi connectivity index (χ2v) is 6.81. The Balaban J connectivity index is 1.48. The molecule has 0 aliphatic rings. The molecule has 0 bridgehead atoms. The first-order valence-electron chi connectivity index (χ1n) is 9.66. The fourth-order valence-electron chi connectivity index (χ4n) is 3.23. The van der Waals surface area contributed by atoms with Crippen molar-refractivity contribution in [1.29, 1.82) is 0 Å². The summed E-state index contributed by atoms with van der Waals surface area (Å²) in [6.45, 7) is 2.84. The van der Waals surface area contributed by atoms with Gasteiger partial charge >= 0.3 is 6.03 Å². The summed E-state index contributed by atoms with van der Waals surface area (Å²) in [7, 11) is 1.79. The lowest BCUT2D eigenvalue weighted by Gasteiger charge is -2.09. The molecule has 1 aromatic carbocycles. The summed E-state index contributed by atoms with van der Waals surface area (Å²) < 4.78 is 8.51. The van der Waals surface area contributed by atoms with Crippen LogP contribution in [0.1, 0.15) is 6.92 Å². The molecule has 3 N–H and O–H groups in total. The van der Waals surface area contributed by atoms with Gasteiger partial charge in [-0.3, -0.25) is 10.00 Å². The molecule has 2 amide bonds. The quantitative estimate of drug-likeness (QED) is 0.400. The molecular weight excluding hydrogens is 398 g/mol. The molecule has 0 radical (unpaired) electrons. The molecular formula is C20H19N9O2. The molecule has 31 heavy (non-hydrogen) atoms. The minimum Gasteiger partial charge on any atom is -0.461 e. The van der Waals surface area contributed by atoms with Crippen LogP contribution in [-0.4, -0.2) is 41.9 Å². The molecule has 5 aromatic rings. The lowest BCUT2D eigenvalue weighted by atomic mass is 10.3. The first-order chi connectivity index (χ1) is 15.1. The molecule has 0 fully saturated rings. The van der Waals surface area contributed by atoms with Gasteiger partial charge in [-0.1, -0.05) is 0 Å². The van der Waals surface area contributed by atoms with Crippen molar-refractivity contribution in [1.82, 2.24) is 29.4 Å². The molecule has 156 valence electrons. The van der Waals surface area contributed by atoms with Crippen LogP contribution in [0.2, 0.25) is 0 Å². The van der Waals surface area contributed by atoms with E-state index in [1.54, 1.807) is 36.3 Å². The van der Waals surface area contributed by atoms with Gasteiger partial charge in [-0.2, -0.15) is 14.6 Å². The molecule has 0 aliphatic heterocycles. The van der Waals surface area contributed by atoms with Gasteiger partial charge in [0.25, 0.3) is 0 Å². The Morgan fingerprint density at radius 3 is 2.61 bits per heavy atom. The van der Waals surface area contributed by atoms with Crippen molar-refractivity contribution in [2.75, 3.05) is 22.5 Å². The van der Waals surface area contributed by atoms with Crippen molar-refractivity contribution < 1.29 is 9.21 Å². The van der Waals surface area contributed by atoms with Gasteiger partial charge in [0, 0.05) is 31.2 Å². The predicted molar refractivity (Wildman–Crippen MR) is 116 cm³/mol. The molecule has 4 heterocycles. The summed E-state index contributed by atoms with van der Waals surface area (Å²) in [6.07, 6.45) is 3.35. The van der Waals surface area contributed by atoms with E-state index in [-0.39, 0.29) is 5.95 Å². The molecule has 11 heteroatoms. The Morgan fingerprint density at radius 1 is 1.06 bits per heavy atom. The largest absolute Gasteiger partial charge is 0.461 e. The topological polar surface area (TPSA) is 127 Å². The number of furan rings is 1. The number of anilines is 3. The van der Waals surface area contributed by atoms with Gasteiger partial charge in [-0.15, -0.1) is 5.10 Å². The second-order valence-electron chi connectivity index (χ2n) is 6.81. The Bertz CT molecular complexity index is 1370. The number of carbonyl (C=O) groups excluding carboxylic acids is 1. The number of fused-ring (bicyclic) bond motifs is 3. The third kappa shape index (κ3) is 3.52. The van der Waals surface area contributed by atoms with Crippen LogP contribution in [0, 0.1) is 0 Å². The first-order valence-corrected chi connectivity index (χ1v) is 9.66. The number of nitrogens with zero attached hydrogens (tertiary/aromatic N) is 6. The van der Waals surface area contributed by atoms with E-state index in [0.717, 1.165) is 12.2 Å². The number of rotatable bonds is 5. The third-order valence-corrected chi connectivity index (χ3v) is 4.56. The highest BCUT2D eigenvalue weighted by atomic mass is 16.3. The van der Waals surface area contributed by atoms with E-state index in [1.165, 1.54) is 4.52 Å². The van der Waals surface area contributed by atoms with E-state index >= 15 is 0 Å². The van der Waals surface area contributed by atoms with Crippen molar-refractivity contribution in [3.05, 3.63) is 48.9 Å². The lowest BCUT2D eigenvalue weighted by molar-refractivity contribution is 0.262. The number of benzene rings is 1. The molecule has 0 saturated carbocycles. The summed E-state index contributed by atoms with van der Waals surface area (Å²) in [5, 5.41) is 18.2. The first kappa shape index (κ1) is 18.6. The zero-order valence-corrected chi connectivity index (χ0v) is 16.8. The van der Waals surface area contributed by atoms with E-state index < -0.39 is 6.03 Å². The van der Waals surface area contributed by atoms with Crippen molar-refractivity contribution >= 4 is 40.0 Å². The van der Waals surface area contributed by atoms with E-state index in [9.17, 15) is 4.79 Å². The monoisotopic (exact) mass is 417 g/mol. The van der Waals surface area contributed by atoms with E-state index in [1.807, 2.05) is 31.2 Å². The molecule has 0 atom stereocenters. The van der Waals surface area contributed by atoms with Gasteiger partial charge in [0.1, 0.15) is 0 Å². The van der Waals surface area contributed by atoms with Gasteiger partial charge in [-0.25, -0.2) is 9.78 Å². The van der Waals surface area contributed by atoms with Crippen LogP contribution in [0.4, 0.5) is 22.1 Å². The highest BCUT2D eigenvalue weighted by molar-refractivity contribution is 6.00. The van der Waals surface area contributed by atoms with Crippen LogP contribution in [0.25, 0.3) is 28.3 Å². The van der Waals surface area contributed by atoms with Crippen molar-refractivity contribution in [3.63, 3.8) is 0 Å². The summed E-state index contributed by atoms with van der Waals surface area (Å²) in [6, 6.07) is 10.5. The number of carbonyl (C=O) groups is 1. The minimum absolute atomic E-state index is 0.188. The Morgan fingerprint density at radius 2 is 1.87 bits per heavy atom. The number of aromatic nitrogens is 6. The summed E-state index contributed by atoms with van der Waals surface area (Å²) in [4.78, 5) is 21.6. The van der Waals surface area contributed by atoms with Crippen LogP contribution in [0.15, 0.2) is 53.3 Å². The van der Waals surface area contributed by atoms with Gasteiger partial charge in [0.05, 0.1) is 11.6 Å². The molecule has 5 rings (SSSR count). The number of aryl methyl sites for hydroxylation is 1. The van der Waals surface area contributed by atoms with Crippen molar-refractivity contribution in [3.8, 4) is 11.6 Å². The minimum atomic E-state index is -0.463. The number of hydrogen-bond acceptors (Lipinski definition) is 7. The van der Waals surface area contributed by atoms with Crippen molar-refractivity contribution in [2.24, 2.45) is 7.05 Å². The molecule has 0 saturated heterocycles. The second kappa shape index (κ2) is 7.44. The van der Waals surface area contributed by atoms with Crippen LogP contribution in [0.3, 0.4) is 0 Å². The Kier molecular flexibility index (Phi) is 4.47. The SMILES string of the molecule is CCNc1ccc(NC(=O)Nc2nc3nn(C)cc3c3nc(-c4ccco4)nn23)cc1. The molecule has 11 nitrogen and oxygen atoms in total. The molecule has 0 unspecified atom stereocenters. The lowest BCUT2D eigenvalue weighted by Crippen LogP contribution is -2.22. The molecule has 0 aliphatic carbocycles. The smallest absolute Gasteiger partial charge is 0.326 e. The zero-order valence-electron chi connectivity index (χ0n) is 16.8. The standard InChI is InChI=1S/C20H19N9O2/c1-3-21-12-6-8-13(9-7-12)22-20(30)25-19-24-16-14(11-28(2)26-16)18-23-17(27-29(18)19)15-5-4-10-31-15/h4-11,21H,3H2,1-2H3,(H2,22,24,25,26,30). The highest BCUT2D eigenvalue weighted by Gasteiger charge is 2.19. The normalized spacial score (nSPS) is 11.2. The maximum atomic E-state index is 12.6. The number of amides is 2. The van der Waals surface area contributed by atoms with Crippen molar-refractivity contribution in [2.45, 2.75) is 6.92 Å². The van der Waals surface area contributed by atoms with Crippen LogP contribution in [-0.2, 0) is 7.05 Å². The Hall–Kier alpha value is -4.41. The van der Waals surface area contributed by atoms with Crippen LogP contribution >= 0.6 is 0 Å². The van der Waals surface area contributed by atoms with Crippen LogP contribution < -0.4 is 16.0 Å². The van der Waals surface area contributed by atoms with Gasteiger partial charge in [0.2, 0.25) is 11.8 Å². The van der Waals surface area contributed by atoms with Gasteiger partial charge in [0.15, 0.2) is 17.1 Å². The maximum Gasteiger partial charge on any atom is 0.326 e. The zero-order chi connectivity index (χ0) is 21.4. The molecule has 0 spiro atoms. The average molecular weight is 417 g/mol. The van der Waals surface area contributed by atoms with Crippen LogP contribution in [0.5, 0.6) is 0 Å². The fourth-order valence-corrected chi connectivity index (χ4v) is 3.23.